The average Bonchev–Trinajstić information content (AvgIpc) is 2.28. The van der Waals surface area contributed by atoms with Crippen LogP contribution in [0.25, 0.3) is 0 Å². The zero-order chi connectivity index (χ0) is 8.81. The Hall–Kier alpha value is -0.570. The van der Waals surface area contributed by atoms with E-state index in [0.29, 0.717) is 6.04 Å². The van der Waals surface area contributed by atoms with E-state index in [1.165, 1.54) is 38.5 Å². The molecule has 2 N–H and O–H groups in total. The van der Waals surface area contributed by atoms with Crippen LogP contribution in [0, 0.1) is 0 Å². The summed E-state index contributed by atoms with van der Waals surface area (Å²) in [6.45, 7) is 0.130. The maximum atomic E-state index is 10.2. The standard InChI is InChI=1S/C9H17NO2/c11-9(12)7-10-8-5-3-1-2-4-6-8/h8,10H,1-7H2,(H,11,12). The Kier molecular flexibility index (Phi) is 4.08. The van der Waals surface area contributed by atoms with Crippen molar-refractivity contribution >= 4 is 5.97 Å². The number of carboxylic acids is 1. The fraction of sp³-hybridized carbons (Fsp3) is 0.889. The molecule has 70 valence electrons. The number of carbonyl (C=O) groups excluding carboxylic acids is 1. The maximum Gasteiger partial charge on any atom is 0.116 e. The number of carboxylic acid groups (broad SMARTS) is 1. The molecule has 1 fully saturated rings. The fourth-order valence-electron chi connectivity index (χ4n) is 1.81. The van der Waals surface area contributed by atoms with E-state index >= 15 is 0 Å². The topological polar surface area (TPSA) is 56.7 Å². The number of hydrogen-bond acceptors (Lipinski definition) is 2. The Bertz CT molecular complexity index is 139. The molecule has 1 aliphatic carbocycles. The van der Waals surface area contributed by atoms with Crippen molar-refractivity contribution in [2.24, 2.45) is 0 Å². The summed E-state index contributed by atoms with van der Waals surface area (Å²) in [4.78, 5) is 10.2. The van der Waals surface area contributed by atoms with Crippen LogP contribution in [0.5, 0.6) is 0 Å². The van der Waals surface area contributed by atoms with E-state index in [2.05, 4.69) is 0 Å². The highest BCUT2D eigenvalue weighted by Crippen LogP contribution is 2.14. The molecule has 0 unspecified atom stereocenters. The van der Waals surface area contributed by atoms with Gasteiger partial charge in [-0.05, 0) is 25.7 Å². The highest BCUT2D eigenvalue weighted by Gasteiger charge is 2.13. The number of carbonyl (C=O) groups is 1. The lowest BCUT2D eigenvalue weighted by atomic mass is 10.1. The van der Waals surface area contributed by atoms with Crippen LogP contribution < -0.4 is 10.4 Å². The van der Waals surface area contributed by atoms with Gasteiger partial charge < -0.3 is 15.2 Å². The molecule has 0 radical (unpaired) electrons. The second-order valence-corrected chi connectivity index (χ2v) is 3.56. The highest BCUT2D eigenvalue weighted by molar-refractivity contribution is 5.64. The summed E-state index contributed by atoms with van der Waals surface area (Å²) in [5.74, 6) is -0.945. The van der Waals surface area contributed by atoms with Gasteiger partial charge in [-0.3, -0.25) is 0 Å². The van der Waals surface area contributed by atoms with E-state index < -0.39 is 5.97 Å². The lowest BCUT2D eigenvalue weighted by molar-refractivity contribution is -0.685. The molecule has 3 heteroatoms. The first-order chi connectivity index (χ1) is 5.79. The van der Waals surface area contributed by atoms with Crippen molar-refractivity contribution in [2.45, 2.75) is 44.6 Å². The first kappa shape index (κ1) is 9.52. The van der Waals surface area contributed by atoms with Crippen LogP contribution in [-0.4, -0.2) is 18.6 Å². The molecule has 1 aliphatic rings. The third-order valence-corrected chi connectivity index (χ3v) is 2.52. The Morgan fingerprint density at radius 2 is 1.83 bits per heavy atom. The van der Waals surface area contributed by atoms with E-state index in [1.54, 1.807) is 0 Å². The van der Waals surface area contributed by atoms with Crippen LogP contribution >= 0.6 is 0 Å². The third kappa shape index (κ3) is 3.72. The highest BCUT2D eigenvalue weighted by atomic mass is 16.4. The molecule has 0 spiro atoms. The molecule has 0 atom stereocenters. The first-order valence-electron chi connectivity index (χ1n) is 4.82. The van der Waals surface area contributed by atoms with Gasteiger partial charge in [0.15, 0.2) is 0 Å². The van der Waals surface area contributed by atoms with Gasteiger partial charge in [-0.25, -0.2) is 0 Å². The lowest BCUT2D eigenvalue weighted by Crippen LogP contribution is -2.92. The molecule has 0 bridgehead atoms. The summed E-state index contributed by atoms with van der Waals surface area (Å²) < 4.78 is 0. The molecule has 0 saturated heterocycles. The molecule has 0 aromatic heterocycles. The molecule has 1 rings (SSSR count). The number of rotatable bonds is 3. The normalized spacial score (nSPS) is 20.3. The molecule has 12 heavy (non-hydrogen) atoms. The number of quaternary nitrogens is 1. The van der Waals surface area contributed by atoms with Crippen LogP contribution in [0.3, 0.4) is 0 Å². The predicted octanol–water partition coefficient (Wildman–Crippen LogP) is -0.977. The summed E-state index contributed by atoms with van der Waals surface area (Å²) in [6, 6.07) is 0.533. The zero-order valence-electron chi connectivity index (χ0n) is 7.42. The molecule has 1 saturated carbocycles. The molecule has 0 heterocycles. The number of nitrogens with two attached hydrogens (primary N) is 1. The van der Waals surface area contributed by atoms with Crippen LogP contribution in [0.4, 0.5) is 0 Å². The summed E-state index contributed by atoms with van der Waals surface area (Å²) in [5.41, 5.74) is 0. The Balaban J connectivity index is 2.16. The van der Waals surface area contributed by atoms with Gasteiger partial charge in [0.25, 0.3) is 0 Å². The molecular formula is C9H17NO2. The Morgan fingerprint density at radius 3 is 2.33 bits per heavy atom. The van der Waals surface area contributed by atoms with Gasteiger partial charge in [0, 0.05) is 0 Å². The van der Waals surface area contributed by atoms with E-state index in [-0.39, 0.29) is 6.54 Å². The molecule has 0 aromatic carbocycles. The molecule has 0 amide bonds. The second kappa shape index (κ2) is 5.14. The molecule has 3 nitrogen and oxygen atoms in total. The first-order valence-corrected chi connectivity index (χ1v) is 4.82. The second-order valence-electron chi connectivity index (χ2n) is 3.56. The van der Waals surface area contributed by atoms with Gasteiger partial charge in [-0.15, -0.1) is 0 Å². The van der Waals surface area contributed by atoms with Crippen molar-refractivity contribution in [3.8, 4) is 0 Å². The van der Waals surface area contributed by atoms with E-state index in [0.717, 1.165) is 0 Å². The number of aliphatic carboxylic acids is 1. The molecular weight excluding hydrogens is 154 g/mol. The van der Waals surface area contributed by atoms with Gasteiger partial charge in [-0.1, -0.05) is 12.8 Å². The predicted molar refractivity (Wildman–Crippen MR) is 43.3 cm³/mol. The van der Waals surface area contributed by atoms with Gasteiger partial charge >= 0.3 is 0 Å². The van der Waals surface area contributed by atoms with Crippen molar-refractivity contribution < 1.29 is 15.2 Å². The van der Waals surface area contributed by atoms with Crippen molar-refractivity contribution in [3.63, 3.8) is 0 Å². The van der Waals surface area contributed by atoms with Crippen LogP contribution in [0.2, 0.25) is 0 Å². The summed E-state index contributed by atoms with van der Waals surface area (Å²) in [6.07, 6.45) is 7.49. The zero-order valence-corrected chi connectivity index (χ0v) is 7.42. The monoisotopic (exact) mass is 171 g/mol. The van der Waals surface area contributed by atoms with Crippen LogP contribution in [0.1, 0.15) is 38.5 Å². The van der Waals surface area contributed by atoms with E-state index in [1.807, 2.05) is 5.32 Å². The third-order valence-electron chi connectivity index (χ3n) is 2.52. The Labute approximate surface area is 73.2 Å². The maximum absolute atomic E-state index is 10.2. The van der Waals surface area contributed by atoms with Crippen molar-refractivity contribution in [1.29, 1.82) is 0 Å². The largest absolute Gasteiger partial charge is 0.544 e. The minimum atomic E-state index is -0.945. The SMILES string of the molecule is O=C([O-])C[NH2+]C1CCCCCC1. The van der Waals surface area contributed by atoms with Crippen molar-refractivity contribution in [3.05, 3.63) is 0 Å². The fourth-order valence-corrected chi connectivity index (χ4v) is 1.81. The van der Waals surface area contributed by atoms with Crippen LogP contribution in [-0.2, 0) is 4.79 Å². The smallest absolute Gasteiger partial charge is 0.116 e. The Morgan fingerprint density at radius 1 is 1.25 bits per heavy atom. The summed E-state index contributed by atoms with van der Waals surface area (Å²) in [7, 11) is 0. The molecule has 0 aliphatic heterocycles. The van der Waals surface area contributed by atoms with E-state index in [9.17, 15) is 9.90 Å². The van der Waals surface area contributed by atoms with E-state index in [4.69, 9.17) is 0 Å². The van der Waals surface area contributed by atoms with Crippen molar-refractivity contribution in [1.82, 2.24) is 0 Å². The van der Waals surface area contributed by atoms with Crippen LogP contribution in [0.15, 0.2) is 0 Å². The van der Waals surface area contributed by atoms with Crippen molar-refractivity contribution in [2.75, 3.05) is 6.54 Å². The minimum Gasteiger partial charge on any atom is -0.544 e. The average molecular weight is 171 g/mol. The quantitative estimate of drug-likeness (QED) is 0.555. The summed E-state index contributed by atoms with van der Waals surface area (Å²) in [5, 5.41) is 12.1. The molecule has 0 aromatic rings. The van der Waals surface area contributed by atoms with Gasteiger partial charge in [-0.2, -0.15) is 0 Å². The van der Waals surface area contributed by atoms with Gasteiger partial charge in [0.1, 0.15) is 6.54 Å². The lowest BCUT2D eigenvalue weighted by Gasteiger charge is -2.12. The summed E-state index contributed by atoms with van der Waals surface area (Å²) >= 11 is 0. The number of hydrogen-bond donors (Lipinski definition) is 1. The van der Waals surface area contributed by atoms with Gasteiger partial charge in [0.2, 0.25) is 0 Å². The van der Waals surface area contributed by atoms with Gasteiger partial charge in [0.05, 0.1) is 12.0 Å². The minimum absolute atomic E-state index is 0.130.